The average molecular weight is 424 g/mol. The molecule has 2 atom stereocenters. The first-order valence-corrected chi connectivity index (χ1v) is 9.74. The Morgan fingerprint density at radius 3 is 2.97 bits per heavy atom. The summed E-state index contributed by atoms with van der Waals surface area (Å²) in [4.78, 5) is 35.3. The monoisotopic (exact) mass is 424 g/mol. The smallest absolute Gasteiger partial charge is 0.317 e. The number of likely N-dealkylation sites (N-methyl/N-ethyl adjacent to an activating group) is 1. The van der Waals surface area contributed by atoms with Crippen LogP contribution >= 0.6 is 0 Å². The van der Waals surface area contributed by atoms with Crippen LogP contribution in [0.4, 0.5) is 0 Å². The summed E-state index contributed by atoms with van der Waals surface area (Å²) >= 11 is 0. The Bertz CT molecular complexity index is 1200. The number of hydrogen-bond acceptors (Lipinski definition) is 8. The zero-order valence-electron chi connectivity index (χ0n) is 16.9. The number of H-pyrrole nitrogens is 1. The second-order valence-electron chi connectivity index (χ2n) is 7.38. The van der Waals surface area contributed by atoms with Crippen LogP contribution in [0.15, 0.2) is 12.4 Å². The van der Waals surface area contributed by atoms with Gasteiger partial charge < -0.3 is 19.7 Å². The fraction of sp³-hybridized carbons (Fsp3) is 0.368. The van der Waals surface area contributed by atoms with Gasteiger partial charge in [0.1, 0.15) is 22.8 Å². The van der Waals surface area contributed by atoms with E-state index in [1.165, 1.54) is 4.90 Å². The summed E-state index contributed by atoms with van der Waals surface area (Å²) in [6, 6.07) is 0.0562. The minimum Gasteiger partial charge on any atom is -0.447 e. The quantitative estimate of drug-likeness (QED) is 0.497. The number of carbonyl (C=O) groups is 2. The van der Waals surface area contributed by atoms with Gasteiger partial charge in [0.2, 0.25) is 6.10 Å². The maximum absolute atomic E-state index is 12.9. The van der Waals surface area contributed by atoms with Crippen molar-refractivity contribution in [2.75, 3.05) is 26.7 Å². The predicted molar refractivity (Wildman–Crippen MR) is 108 cm³/mol. The van der Waals surface area contributed by atoms with Crippen LogP contribution in [0.1, 0.15) is 21.7 Å². The summed E-state index contributed by atoms with van der Waals surface area (Å²) in [5, 5.41) is 14.2. The lowest BCUT2D eigenvalue weighted by Crippen LogP contribution is -2.38. The third kappa shape index (κ3) is 3.50. The summed E-state index contributed by atoms with van der Waals surface area (Å²) in [6.45, 7) is 0.848. The van der Waals surface area contributed by atoms with Gasteiger partial charge in [-0.2, -0.15) is 15.2 Å². The molecule has 3 aromatic heterocycles. The highest BCUT2D eigenvalue weighted by Crippen LogP contribution is 2.21. The lowest BCUT2D eigenvalue weighted by molar-refractivity contribution is -0.128. The van der Waals surface area contributed by atoms with Crippen molar-refractivity contribution >= 4 is 35.0 Å². The van der Waals surface area contributed by atoms with Crippen molar-refractivity contribution in [1.82, 2.24) is 40.2 Å². The number of nitrogens with zero attached hydrogens (tertiary/aromatic N) is 6. The van der Waals surface area contributed by atoms with E-state index in [1.807, 2.05) is 0 Å². The summed E-state index contributed by atoms with van der Waals surface area (Å²) < 4.78 is 13.2. The van der Waals surface area contributed by atoms with Gasteiger partial charge in [0.05, 0.1) is 12.8 Å². The maximum Gasteiger partial charge on any atom is 0.317 e. The van der Waals surface area contributed by atoms with Crippen molar-refractivity contribution in [3.05, 3.63) is 29.3 Å². The summed E-state index contributed by atoms with van der Waals surface area (Å²) in [6.07, 6.45) is 5.38. The average Bonchev–Trinajstić information content (AvgIpc) is 3.43. The zero-order chi connectivity index (χ0) is 21.5. The molecule has 12 heteroatoms. The number of hydrogen-bond donors (Lipinski definition) is 2. The molecule has 0 aliphatic carbocycles. The third-order valence-electron chi connectivity index (χ3n) is 5.20. The minimum atomic E-state index is -0.889. The van der Waals surface area contributed by atoms with E-state index in [0.29, 0.717) is 41.1 Å². The first-order valence-electron chi connectivity index (χ1n) is 9.74. The molecule has 1 saturated heterocycles. The van der Waals surface area contributed by atoms with Crippen LogP contribution in [-0.4, -0.2) is 85.6 Å². The highest BCUT2D eigenvalue weighted by Gasteiger charge is 2.38. The number of ether oxygens (including phenoxy) is 2. The van der Waals surface area contributed by atoms with Gasteiger partial charge in [0.15, 0.2) is 5.69 Å². The normalized spacial score (nSPS) is 22.8. The van der Waals surface area contributed by atoms with Crippen molar-refractivity contribution < 1.29 is 19.1 Å². The summed E-state index contributed by atoms with van der Waals surface area (Å²) in [5.41, 5.74) is 2.65. The highest BCUT2D eigenvalue weighted by molar-refractivity contribution is 5.97. The lowest BCUT2D eigenvalue weighted by Gasteiger charge is -2.21. The molecular formula is C19H20N8O4. The van der Waals surface area contributed by atoms with E-state index >= 15 is 0 Å². The van der Waals surface area contributed by atoms with Crippen LogP contribution in [0, 0.1) is 0 Å². The number of aryl methyl sites for hydroxylation is 1. The Hall–Kier alpha value is -3.80. The molecule has 2 aliphatic rings. The van der Waals surface area contributed by atoms with E-state index in [0.717, 1.165) is 0 Å². The van der Waals surface area contributed by atoms with Crippen LogP contribution in [0.3, 0.4) is 0 Å². The van der Waals surface area contributed by atoms with Crippen molar-refractivity contribution in [2.24, 2.45) is 7.05 Å². The van der Waals surface area contributed by atoms with E-state index in [1.54, 1.807) is 43.3 Å². The standard InChI is InChI=1S/C19H20N8O4/c1-26-5-6-30-13-8-20-17(28)16(13)31-19-21-7-12-15(22-19)11(23-24-12)4-3-10-9-27(2)25-14(10)18(26)29/h3-4,7,9,13,16H,5-6,8H2,1-2H3,(H,20,28)(H,23,24)/b4-3+/t13-,16-/m0/s1. The summed E-state index contributed by atoms with van der Waals surface area (Å²) in [5.74, 6) is -0.537. The number of carbonyl (C=O) groups excluding carboxylic acids is 2. The molecule has 2 aliphatic heterocycles. The largest absolute Gasteiger partial charge is 0.447 e. The van der Waals surface area contributed by atoms with Crippen molar-refractivity contribution in [3.63, 3.8) is 0 Å². The molecule has 0 unspecified atom stereocenters. The number of amides is 2. The van der Waals surface area contributed by atoms with Gasteiger partial charge in [-0.1, -0.05) is 0 Å². The molecule has 0 saturated carbocycles. The van der Waals surface area contributed by atoms with Gasteiger partial charge in [0, 0.05) is 38.9 Å². The Kier molecular flexibility index (Phi) is 4.62. The zero-order valence-corrected chi connectivity index (χ0v) is 16.9. The van der Waals surface area contributed by atoms with Crippen LogP contribution in [0.25, 0.3) is 23.2 Å². The number of aromatic amines is 1. The fourth-order valence-corrected chi connectivity index (χ4v) is 3.54. The van der Waals surface area contributed by atoms with Crippen LogP contribution in [-0.2, 0) is 16.6 Å². The number of rotatable bonds is 0. The van der Waals surface area contributed by atoms with E-state index < -0.39 is 12.2 Å². The van der Waals surface area contributed by atoms with Crippen molar-refractivity contribution in [3.8, 4) is 6.01 Å². The molecule has 5 rings (SSSR count). The SMILES string of the molecule is CN1CCO[C@H]2CNC(=O)[C@H]2Oc2ncc3[nH]nc(c3n2)/C=C/c2cn(C)nc2C1=O. The predicted octanol–water partition coefficient (Wildman–Crippen LogP) is -0.395. The second kappa shape index (κ2) is 7.47. The molecule has 5 heterocycles. The number of fused-ring (bicyclic) bond motifs is 3. The van der Waals surface area contributed by atoms with Gasteiger partial charge in [-0.15, -0.1) is 0 Å². The fourth-order valence-electron chi connectivity index (χ4n) is 3.54. The van der Waals surface area contributed by atoms with E-state index in [-0.39, 0.29) is 24.4 Å². The van der Waals surface area contributed by atoms with Gasteiger partial charge >= 0.3 is 6.01 Å². The Morgan fingerprint density at radius 2 is 2.10 bits per heavy atom. The second-order valence-corrected chi connectivity index (χ2v) is 7.38. The van der Waals surface area contributed by atoms with Gasteiger partial charge in [-0.25, -0.2) is 4.98 Å². The molecule has 31 heavy (non-hydrogen) atoms. The van der Waals surface area contributed by atoms with E-state index in [4.69, 9.17) is 9.47 Å². The molecule has 160 valence electrons. The maximum atomic E-state index is 12.9. The first-order chi connectivity index (χ1) is 15.0. The molecule has 0 spiro atoms. The van der Waals surface area contributed by atoms with E-state index in [9.17, 15) is 9.59 Å². The molecule has 2 N–H and O–H groups in total. The topological polar surface area (TPSA) is 140 Å². The van der Waals surface area contributed by atoms with Crippen molar-refractivity contribution in [1.29, 1.82) is 0 Å². The van der Waals surface area contributed by atoms with Gasteiger partial charge in [-0.3, -0.25) is 19.4 Å². The van der Waals surface area contributed by atoms with Crippen LogP contribution in [0.5, 0.6) is 6.01 Å². The highest BCUT2D eigenvalue weighted by atomic mass is 16.6. The molecule has 2 bridgehead atoms. The number of nitrogens with one attached hydrogen (secondary N) is 2. The first kappa shape index (κ1) is 19.2. The molecule has 3 aromatic rings. The molecule has 1 fully saturated rings. The van der Waals surface area contributed by atoms with Crippen LogP contribution < -0.4 is 10.1 Å². The number of aromatic nitrogens is 6. The Morgan fingerprint density at radius 1 is 1.23 bits per heavy atom. The molecule has 0 aromatic carbocycles. The third-order valence-corrected chi connectivity index (χ3v) is 5.20. The van der Waals surface area contributed by atoms with E-state index in [2.05, 4.69) is 30.6 Å². The Labute approximate surface area is 176 Å². The van der Waals surface area contributed by atoms with Crippen molar-refractivity contribution in [2.45, 2.75) is 12.2 Å². The molecular weight excluding hydrogens is 404 g/mol. The summed E-state index contributed by atoms with van der Waals surface area (Å²) in [7, 11) is 3.43. The van der Waals surface area contributed by atoms with Crippen LogP contribution in [0.2, 0.25) is 0 Å². The minimum absolute atomic E-state index is 0.0562. The molecule has 0 radical (unpaired) electrons. The molecule has 2 amide bonds. The molecule has 12 nitrogen and oxygen atoms in total. The van der Waals surface area contributed by atoms with Gasteiger partial charge in [0.25, 0.3) is 11.8 Å². The Balaban J connectivity index is 1.58. The lowest BCUT2D eigenvalue weighted by atomic mass is 10.2. The van der Waals surface area contributed by atoms with Gasteiger partial charge in [-0.05, 0) is 12.2 Å².